The summed E-state index contributed by atoms with van der Waals surface area (Å²) in [5.41, 5.74) is 5.02. The average molecular weight is 281 g/mol. The minimum atomic E-state index is 0.709. The van der Waals surface area contributed by atoms with Gasteiger partial charge in [-0.05, 0) is 48.6 Å². The largest absolute Gasteiger partial charge is 0.313 e. The van der Waals surface area contributed by atoms with Gasteiger partial charge in [-0.15, -0.1) is 11.8 Å². The number of hydrogen-bond donors (Lipinski definition) is 0. The number of carbonyl (C=O) groups is 1. The lowest BCUT2D eigenvalue weighted by atomic mass is 10.1. The van der Waals surface area contributed by atoms with E-state index in [-0.39, 0.29) is 0 Å². The van der Waals surface area contributed by atoms with Crippen molar-refractivity contribution in [1.29, 1.82) is 0 Å². The summed E-state index contributed by atoms with van der Waals surface area (Å²) in [6, 6.07) is 14.4. The third-order valence-corrected chi connectivity index (χ3v) is 4.32. The highest BCUT2D eigenvalue weighted by molar-refractivity contribution is 7.98. The van der Waals surface area contributed by atoms with Gasteiger partial charge in [0, 0.05) is 22.2 Å². The first-order chi connectivity index (χ1) is 9.74. The maximum Gasteiger partial charge on any atom is 0.167 e. The Morgan fingerprint density at radius 1 is 1.15 bits per heavy atom. The monoisotopic (exact) mass is 281 g/mol. The van der Waals surface area contributed by atoms with Crippen molar-refractivity contribution in [3.05, 3.63) is 59.9 Å². The van der Waals surface area contributed by atoms with E-state index in [1.165, 1.54) is 10.5 Å². The number of aromatic nitrogens is 1. The number of pyridine rings is 1. The fraction of sp³-hybridized carbons (Fsp3) is 0.118. The number of rotatable bonds is 3. The number of carbonyl (C=O) groups excluding carboxylic acids is 1. The van der Waals surface area contributed by atoms with Crippen molar-refractivity contribution in [3.8, 4) is 11.1 Å². The van der Waals surface area contributed by atoms with Crippen LogP contribution in [0.5, 0.6) is 0 Å². The number of thioether (sulfide) groups is 1. The van der Waals surface area contributed by atoms with E-state index < -0.39 is 0 Å². The van der Waals surface area contributed by atoms with Crippen LogP contribution in [0, 0.1) is 6.92 Å². The van der Waals surface area contributed by atoms with E-state index in [1.54, 1.807) is 11.8 Å². The van der Waals surface area contributed by atoms with Crippen LogP contribution in [-0.4, -0.2) is 16.9 Å². The SMILES string of the molecule is CSc1ccc(-c2cc3c(C)cccn3c2C=O)cc1. The standard InChI is InChI=1S/C17H15NOS/c1-12-4-3-9-18-16(12)10-15(17(18)11-19)13-5-7-14(20-2)8-6-13/h3-11H,1-2H3. The van der Waals surface area contributed by atoms with Gasteiger partial charge in [0.2, 0.25) is 0 Å². The number of nitrogens with zero attached hydrogens (tertiary/aromatic N) is 1. The maximum absolute atomic E-state index is 11.5. The lowest BCUT2D eigenvalue weighted by Crippen LogP contribution is -1.92. The molecule has 0 aliphatic rings. The molecular weight excluding hydrogens is 266 g/mol. The van der Waals surface area contributed by atoms with Crippen molar-refractivity contribution >= 4 is 23.6 Å². The molecule has 0 saturated heterocycles. The van der Waals surface area contributed by atoms with Crippen LogP contribution in [0.3, 0.4) is 0 Å². The fourth-order valence-corrected chi connectivity index (χ4v) is 2.89. The molecule has 2 heterocycles. The van der Waals surface area contributed by atoms with Gasteiger partial charge in [0.1, 0.15) is 0 Å². The van der Waals surface area contributed by atoms with Crippen molar-refractivity contribution < 1.29 is 4.79 Å². The highest BCUT2D eigenvalue weighted by Crippen LogP contribution is 2.29. The number of aryl methyl sites for hydroxylation is 1. The van der Waals surface area contributed by atoms with E-state index in [0.717, 1.165) is 22.9 Å². The first kappa shape index (κ1) is 13.0. The minimum Gasteiger partial charge on any atom is -0.313 e. The third-order valence-electron chi connectivity index (χ3n) is 3.57. The van der Waals surface area contributed by atoms with Crippen LogP contribution < -0.4 is 0 Å². The van der Waals surface area contributed by atoms with Crippen LogP contribution >= 0.6 is 11.8 Å². The van der Waals surface area contributed by atoms with E-state index in [2.05, 4.69) is 49.6 Å². The topological polar surface area (TPSA) is 21.5 Å². The normalized spacial score (nSPS) is 10.9. The van der Waals surface area contributed by atoms with Gasteiger partial charge in [0.25, 0.3) is 0 Å². The molecule has 2 aromatic heterocycles. The van der Waals surface area contributed by atoms with Crippen LogP contribution in [0.25, 0.3) is 16.6 Å². The number of aldehydes is 1. The van der Waals surface area contributed by atoms with Gasteiger partial charge in [-0.1, -0.05) is 18.2 Å². The summed E-state index contributed by atoms with van der Waals surface area (Å²) in [5.74, 6) is 0. The zero-order valence-corrected chi connectivity index (χ0v) is 12.3. The molecule has 0 atom stereocenters. The number of fused-ring (bicyclic) bond motifs is 1. The lowest BCUT2D eigenvalue weighted by Gasteiger charge is -2.02. The smallest absolute Gasteiger partial charge is 0.167 e. The van der Waals surface area contributed by atoms with Gasteiger partial charge in [-0.25, -0.2) is 0 Å². The van der Waals surface area contributed by atoms with Gasteiger partial charge < -0.3 is 4.40 Å². The second kappa shape index (κ2) is 5.17. The van der Waals surface area contributed by atoms with Crippen molar-refractivity contribution in [3.63, 3.8) is 0 Å². The molecular formula is C17H15NOS. The molecule has 0 bridgehead atoms. The molecule has 3 heteroatoms. The second-order valence-corrected chi connectivity index (χ2v) is 5.62. The van der Waals surface area contributed by atoms with Crippen molar-refractivity contribution in [1.82, 2.24) is 4.40 Å². The lowest BCUT2D eigenvalue weighted by molar-refractivity contribution is 0.111. The molecule has 0 aliphatic carbocycles. The van der Waals surface area contributed by atoms with E-state index in [1.807, 2.05) is 16.7 Å². The number of hydrogen-bond acceptors (Lipinski definition) is 2. The van der Waals surface area contributed by atoms with Gasteiger partial charge in [0.15, 0.2) is 6.29 Å². The quantitative estimate of drug-likeness (QED) is 0.522. The molecule has 0 unspecified atom stereocenters. The third kappa shape index (κ3) is 2.04. The van der Waals surface area contributed by atoms with Crippen LogP contribution in [0.4, 0.5) is 0 Å². The van der Waals surface area contributed by atoms with Gasteiger partial charge >= 0.3 is 0 Å². The van der Waals surface area contributed by atoms with Gasteiger partial charge in [-0.2, -0.15) is 0 Å². The molecule has 100 valence electrons. The maximum atomic E-state index is 11.5. The Hall–Kier alpha value is -2.00. The van der Waals surface area contributed by atoms with Crippen LogP contribution in [0.15, 0.2) is 53.6 Å². The molecule has 0 saturated carbocycles. The molecule has 0 aliphatic heterocycles. The van der Waals surface area contributed by atoms with Gasteiger partial charge in [0.05, 0.1) is 5.69 Å². The van der Waals surface area contributed by atoms with E-state index in [4.69, 9.17) is 0 Å². The van der Waals surface area contributed by atoms with Crippen molar-refractivity contribution in [2.75, 3.05) is 6.26 Å². The van der Waals surface area contributed by atoms with Crippen molar-refractivity contribution in [2.45, 2.75) is 11.8 Å². The first-order valence-electron chi connectivity index (χ1n) is 6.45. The van der Waals surface area contributed by atoms with Crippen LogP contribution in [0.2, 0.25) is 0 Å². The Morgan fingerprint density at radius 2 is 1.90 bits per heavy atom. The molecule has 0 radical (unpaired) electrons. The summed E-state index contributed by atoms with van der Waals surface area (Å²) >= 11 is 1.72. The molecule has 0 spiro atoms. The molecule has 3 aromatic rings. The van der Waals surface area contributed by atoms with E-state index in [0.29, 0.717) is 5.69 Å². The highest BCUT2D eigenvalue weighted by atomic mass is 32.2. The Labute approximate surface area is 122 Å². The molecule has 0 N–H and O–H groups in total. The summed E-state index contributed by atoms with van der Waals surface area (Å²) in [7, 11) is 0. The Balaban J connectivity index is 2.24. The zero-order chi connectivity index (χ0) is 14.1. The summed E-state index contributed by atoms with van der Waals surface area (Å²) in [4.78, 5) is 12.7. The number of benzene rings is 1. The molecule has 1 aromatic carbocycles. The Bertz CT molecular complexity index is 772. The van der Waals surface area contributed by atoms with Gasteiger partial charge in [-0.3, -0.25) is 4.79 Å². The summed E-state index contributed by atoms with van der Waals surface area (Å²) in [6.07, 6.45) is 4.93. The van der Waals surface area contributed by atoms with Crippen molar-refractivity contribution in [2.24, 2.45) is 0 Å². The van der Waals surface area contributed by atoms with E-state index in [9.17, 15) is 4.79 Å². The zero-order valence-electron chi connectivity index (χ0n) is 11.5. The highest BCUT2D eigenvalue weighted by Gasteiger charge is 2.12. The summed E-state index contributed by atoms with van der Waals surface area (Å²) in [5, 5.41) is 0. The molecule has 20 heavy (non-hydrogen) atoms. The predicted octanol–water partition coefficient (Wildman–Crippen LogP) is 4.45. The fourth-order valence-electron chi connectivity index (χ4n) is 2.49. The first-order valence-corrected chi connectivity index (χ1v) is 7.67. The molecule has 0 amide bonds. The predicted molar refractivity (Wildman–Crippen MR) is 84.7 cm³/mol. The summed E-state index contributed by atoms with van der Waals surface area (Å²) in [6.45, 7) is 2.06. The average Bonchev–Trinajstić information content (AvgIpc) is 2.87. The Kier molecular flexibility index (Phi) is 3.36. The van der Waals surface area contributed by atoms with E-state index >= 15 is 0 Å². The molecule has 3 rings (SSSR count). The molecule has 2 nitrogen and oxygen atoms in total. The second-order valence-electron chi connectivity index (χ2n) is 4.74. The van der Waals surface area contributed by atoms with Crippen LogP contribution in [-0.2, 0) is 0 Å². The summed E-state index contributed by atoms with van der Waals surface area (Å²) < 4.78 is 1.96. The van der Waals surface area contributed by atoms with Crippen LogP contribution in [0.1, 0.15) is 16.1 Å². The molecule has 0 fully saturated rings. The Morgan fingerprint density at radius 3 is 2.55 bits per heavy atom. The minimum absolute atomic E-state index is 0.709.